The summed E-state index contributed by atoms with van der Waals surface area (Å²) < 4.78 is 5.16. The Morgan fingerprint density at radius 2 is 1.96 bits per heavy atom. The van der Waals surface area contributed by atoms with Gasteiger partial charge in [0.1, 0.15) is 0 Å². The van der Waals surface area contributed by atoms with E-state index in [4.69, 9.17) is 9.73 Å². The molecule has 1 amide bonds. The van der Waals surface area contributed by atoms with Crippen LogP contribution in [0, 0.1) is 6.92 Å². The van der Waals surface area contributed by atoms with Crippen LogP contribution in [0.15, 0.2) is 52.4 Å². The summed E-state index contributed by atoms with van der Waals surface area (Å²) in [5, 5.41) is 10.5. The van der Waals surface area contributed by atoms with Gasteiger partial charge in [-0.2, -0.15) is 0 Å². The Morgan fingerprint density at radius 1 is 1.21 bits per heavy atom. The maximum atomic E-state index is 13.0. The second-order valence-corrected chi connectivity index (χ2v) is 7.59. The van der Waals surface area contributed by atoms with Gasteiger partial charge in [0.25, 0.3) is 5.91 Å². The number of hydrogen-bond acceptors (Lipinski definition) is 5. The van der Waals surface area contributed by atoms with Crippen molar-refractivity contribution in [3.05, 3.63) is 58.5 Å². The standard InChI is InChI=1S/C22H24N2O3S/c1-4-5-12-24-21(26)20(14-16-8-11-18(25)19(13-16)27-3)28-22(24)23-17-9-6-15(2)7-10-17/h6-11,13-14,25H,4-5,12H2,1-3H3/b20-14+,23-22?. The number of phenolic OH excluding ortho intramolecular Hbond substituents is 1. The van der Waals surface area contributed by atoms with E-state index in [-0.39, 0.29) is 11.7 Å². The molecular weight excluding hydrogens is 372 g/mol. The van der Waals surface area contributed by atoms with Gasteiger partial charge < -0.3 is 9.84 Å². The molecule has 0 spiro atoms. The number of carbonyl (C=O) groups excluding carboxylic acids is 1. The number of amides is 1. The Hall–Kier alpha value is -2.73. The van der Waals surface area contributed by atoms with Gasteiger partial charge in [-0.15, -0.1) is 0 Å². The molecule has 2 aromatic rings. The van der Waals surface area contributed by atoms with Gasteiger partial charge in [0.2, 0.25) is 0 Å². The molecule has 0 radical (unpaired) electrons. The molecule has 0 bridgehead atoms. The number of aliphatic imine (C=N–C) groups is 1. The van der Waals surface area contributed by atoms with Crippen LogP contribution in [-0.4, -0.2) is 34.7 Å². The molecule has 5 nitrogen and oxygen atoms in total. The lowest BCUT2D eigenvalue weighted by Gasteiger charge is -2.14. The summed E-state index contributed by atoms with van der Waals surface area (Å²) in [6, 6.07) is 13.0. The SMILES string of the molecule is CCCCN1C(=O)/C(=C\c2ccc(O)c(OC)c2)SC1=Nc1ccc(C)cc1. The Kier molecular flexibility index (Phi) is 6.41. The monoisotopic (exact) mass is 396 g/mol. The van der Waals surface area contributed by atoms with Crippen molar-refractivity contribution in [2.75, 3.05) is 13.7 Å². The first-order valence-electron chi connectivity index (χ1n) is 9.25. The summed E-state index contributed by atoms with van der Waals surface area (Å²) in [6.07, 6.45) is 3.73. The zero-order chi connectivity index (χ0) is 20.1. The van der Waals surface area contributed by atoms with E-state index in [1.165, 1.54) is 24.4 Å². The fraction of sp³-hybridized carbons (Fsp3) is 0.273. The number of ether oxygens (including phenoxy) is 1. The van der Waals surface area contributed by atoms with Crippen molar-refractivity contribution in [3.63, 3.8) is 0 Å². The van der Waals surface area contributed by atoms with Gasteiger partial charge in [-0.1, -0.05) is 37.1 Å². The third-order valence-electron chi connectivity index (χ3n) is 4.38. The summed E-state index contributed by atoms with van der Waals surface area (Å²) in [6.45, 7) is 4.78. The lowest BCUT2D eigenvalue weighted by Crippen LogP contribution is -2.30. The molecular formula is C22H24N2O3S. The molecule has 1 aliphatic rings. The number of unbranched alkanes of at least 4 members (excludes halogenated alkanes) is 1. The highest BCUT2D eigenvalue weighted by molar-refractivity contribution is 8.18. The zero-order valence-corrected chi connectivity index (χ0v) is 17.1. The molecule has 3 rings (SSSR count). The number of amidine groups is 1. The smallest absolute Gasteiger partial charge is 0.266 e. The van der Waals surface area contributed by atoms with E-state index < -0.39 is 0 Å². The summed E-state index contributed by atoms with van der Waals surface area (Å²) in [5.74, 6) is 0.402. The lowest BCUT2D eigenvalue weighted by atomic mass is 10.2. The number of thioether (sulfide) groups is 1. The third kappa shape index (κ3) is 4.57. The first-order chi connectivity index (χ1) is 13.5. The van der Waals surface area contributed by atoms with Gasteiger partial charge in [0.15, 0.2) is 16.7 Å². The molecule has 28 heavy (non-hydrogen) atoms. The number of hydrogen-bond donors (Lipinski definition) is 1. The van der Waals surface area contributed by atoms with Gasteiger partial charge >= 0.3 is 0 Å². The van der Waals surface area contributed by atoms with E-state index in [0.29, 0.717) is 22.4 Å². The van der Waals surface area contributed by atoms with Crippen LogP contribution in [0.5, 0.6) is 11.5 Å². The quantitative estimate of drug-likeness (QED) is 0.689. The van der Waals surface area contributed by atoms with Gasteiger partial charge in [-0.3, -0.25) is 9.69 Å². The number of phenols is 1. The largest absolute Gasteiger partial charge is 0.504 e. The van der Waals surface area contributed by atoms with Crippen molar-refractivity contribution in [1.29, 1.82) is 0 Å². The van der Waals surface area contributed by atoms with Crippen LogP contribution in [0.1, 0.15) is 30.9 Å². The molecule has 0 aliphatic carbocycles. The zero-order valence-electron chi connectivity index (χ0n) is 16.3. The second kappa shape index (κ2) is 8.97. The Balaban J connectivity index is 1.93. The Morgan fingerprint density at radius 3 is 2.64 bits per heavy atom. The number of aryl methyl sites for hydroxylation is 1. The molecule has 146 valence electrons. The molecule has 0 atom stereocenters. The highest BCUT2D eigenvalue weighted by Gasteiger charge is 2.32. The molecule has 0 saturated carbocycles. The van der Waals surface area contributed by atoms with Crippen LogP contribution < -0.4 is 4.74 Å². The summed E-state index contributed by atoms with van der Waals surface area (Å²) in [5.41, 5.74) is 2.79. The van der Waals surface area contributed by atoms with E-state index in [0.717, 1.165) is 24.1 Å². The maximum absolute atomic E-state index is 13.0. The minimum absolute atomic E-state index is 0.0450. The topological polar surface area (TPSA) is 62.1 Å². The minimum atomic E-state index is -0.0450. The highest BCUT2D eigenvalue weighted by atomic mass is 32.2. The summed E-state index contributed by atoms with van der Waals surface area (Å²) >= 11 is 1.37. The van der Waals surface area contributed by atoms with Gasteiger partial charge in [0.05, 0.1) is 17.7 Å². The molecule has 1 N–H and O–H groups in total. The van der Waals surface area contributed by atoms with E-state index in [1.807, 2.05) is 37.3 Å². The minimum Gasteiger partial charge on any atom is -0.504 e. The predicted molar refractivity (Wildman–Crippen MR) is 115 cm³/mol. The molecule has 0 unspecified atom stereocenters. The van der Waals surface area contributed by atoms with E-state index in [9.17, 15) is 9.90 Å². The maximum Gasteiger partial charge on any atom is 0.266 e. The number of carbonyl (C=O) groups is 1. The third-order valence-corrected chi connectivity index (χ3v) is 5.39. The average molecular weight is 397 g/mol. The molecule has 1 heterocycles. The normalized spacial score (nSPS) is 17.0. The van der Waals surface area contributed by atoms with Crippen LogP contribution in [0.25, 0.3) is 6.08 Å². The van der Waals surface area contributed by atoms with Crippen LogP contribution in [0.4, 0.5) is 5.69 Å². The van der Waals surface area contributed by atoms with Crippen LogP contribution in [0.2, 0.25) is 0 Å². The Bertz CT molecular complexity index is 920. The molecule has 2 aromatic carbocycles. The first-order valence-corrected chi connectivity index (χ1v) is 10.1. The van der Waals surface area contributed by atoms with E-state index in [2.05, 4.69) is 6.92 Å². The van der Waals surface area contributed by atoms with Crippen molar-refractivity contribution >= 4 is 34.6 Å². The predicted octanol–water partition coefficient (Wildman–Crippen LogP) is 5.11. The number of nitrogens with zero attached hydrogens (tertiary/aromatic N) is 2. The fourth-order valence-electron chi connectivity index (χ4n) is 2.77. The van der Waals surface area contributed by atoms with Crippen LogP contribution >= 0.6 is 11.8 Å². The lowest BCUT2D eigenvalue weighted by molar-refractivity contribution is -0.122. The number of benzene rings is 2. The van der Waals surface area contributed by atoms with Crippen LogP contribution in [0.3, 0.4) is 0 Å². The van der Waals surface area contributed by atoms with Gasteiger partial charge in [-0.05, 0) is 61.0 Å². The number of aromatic hydroxyl groups is 1. The number of methoxy groups -OCH3 is 1. The van der Waals surface area contributed by atoms with E-state index in [1.54, 1.807) is 23.1 Å². The summed E-state index contributed by atoms with van der Waals surface area (Å²) in [4.78, 5) is 20.0. The summed E-state index contributed by atoms with van der Waals surface area (Å²) in [7, 11) is 1.50. The van der Waals surface area contributed by atoms with Crippen molar-refractivity contribution in [1.82, 2.24) is 4.90 Å². The fourth-order valence-corrected chi connectivity index (χ4v) is 3.79. The molecule has 1 fully saturated rings. The van der Waals surface area contributed by atoms with Gasteiger partial charge in [0, 0.05) is 6.54 Å². The number of rotatable bonds is 6. The average Bonchev–Trinajstić information content (AvgIpc) is 2.98. The van der Waals surface area contributed by atoms with Crippen molar-refractivity contribution in [2.24, 2.45) is 4.99 Å². The van der Waals surface area contributed by atoms with Crippen molar-refractivity contribution in [3.8, 4) is 11.5 Å². The van der Waals surface area contributed by atoms with E-state index >= 15 is 0 Å². The van der Waals surface area contributed by atoms with Crippen molar-refractivity contribution < 1.29 is 14.6 Å². The van der Waals surface area contributed by atoms with Crippen molar-refractivity contribution in [2.45, 2.75) is 26.7 Å². The van der Waals surface area contributed by atoms with Crippen LogP contribution in [-0.2, 0) is 4.79 Å². The second-order valence-electron chi connectivity index (χ2n) is 6.58. The Labute approximate surface area is 169 Å². The molecule has 6 heteroatoms. The molecule has 1 saturated heterocycles. The highest BCUT2D eigenvalue weighted by Crippen LogP contribution is 2.35. The molecule has 1 aliphatic heterocycles. The first kappa shape index (κ1) is 20.0. The molecule has 0 aromatic heterocycles. The van der Waals surface area contributed by atoms with Gasteiger partial charge in [-0.25, -0.2) is 4.99 Å².